The SMILES string of the molecule is CCN1CCC[C@H]1CN=C=S. The first-order chi connectivity index (χ1) is 5.38. The maximum Gasteiger partial charge on any atom is 0.0648 e. The van der Waals surface area contributed by atoms with Crippen LogP contribution in [-0.4, -0.2) is 35.7 Å². The van der Waals surface area contributed by atoms with E-state index in [2.05, 4.69) is 34.2 Å². The van der Waals surface area contributed by atoms with Gasteiger partial charge in [0.1, 0.15) is 0 Å². The monoisotopic (exact) mass is 170 g/mol. The normalized spacial score (nSPS) is 25.0. The number of hydrogen-bond donors (Lipinski definition) is 0. The van der Waals surface area contributed by atoms with E-state index in [1.54, 1.807) is 0 Å². The molecular formula is C8H14N2S. The molecule has 1 atom stereocenters. The molecule has 0 amide bonds. The lowest BCUT2D eigenvalue weighted by molar-refractivity contribution is 0.273. The first kappa shape index (κ1) is 8.85. The van der Waals surface area contributed by atoms with Gasteiger partial charge in [-0.05, 0) is 38.1 Å². The quantitative estimate of drug-likeness (QED) is 0.472. The fourth-order valence-corrected chi connectivity index (χ4v) is 1.74. The third-order valence-corrected chi connectivity index (χ3v) is 2.40. The summed E-state index contributed by atoms with van der Waals surface area (Å²) in [5, 5.41) is 2.42. The van der Waals surface area contributed by atoms with Gasteiger partial charge in [-0.3, -0.25) is 4.90 Å². The van der Waals surface area contributed by atoms with Crippen LogP contribution in [0.15, 0.2) is 4.99 Å². The maximum atomic E-state index is 4.53. The van der Waals surface area contributed by atoms with Crippen LogP contribution in [-0.2, 0) is 0 Å². The summed E-state index contributed by atoms with van der Waals surface area (Å²) < 4.78 is 0. The Morgan fingerprint density at radius 3 is 3.18 bits per heavy atom. The van der Waals surface area contributed by atoms with Crippen molar-refractivity contribution in [2.75, 3.05) is 19.6 Å². The van der Waals surface area contributed by atoms with E-state index in [4.69, 9.17) is 0 Å². The second-order valence-corrected chi connectivity index (χ2v) is 3.04. The van der Waals surface area contributed by atoms with E-state index in [0.717, 1.165) is 13.1 Å². The lowest BCUT2D eigenvalue weighted by atomic mass is 10.2. The van der Waals surface area contributed by atoms with Crippen molar-refractivity contribution in [1.82, 2.24) is 4.90 Å². The van der Waals surface area contributed by atoms with Gasteiger partial charge in [0.2, 0.25) is 0 Å². The van der Waals surface area contributed by atoms with Crippen LogP contribution in [0.3, 0.4) is 0 Å². The summed E-state index contributed by atoms with van der Waals surface area (Å²) in [7, 11) is 0. The van der Waals surface area contributed by atoms with Crippen LogP contribution >= 0.6 is 12.2 Å². The molecule has 0 saturated carbocycles. The zero-order valence-electron chi connectivity index (χ0n) is 6.92. The molecule has 1 heterocycles. The highest BCUT2D eigenvalue weighted by Crippen LogP contribution is 2.16. The summed E-state index contributed by atoms with van der Waals surface area (Å²) in [5.74, 6) is 0. The highest BCUT2D eigenvalue weighted by atomic mass is 32.1. The van der Waals surface area contributed by atoms with Gasteiger partial charge in [0.15, 0.2) is 0 Å². The first-order valence-electron chi connectivity index (χ1n) is 4.16. The molecule has 0 aromatic carbocycles. The van der Waals surface area contributed by atoms with E-state index < -0.39 is 0 Å². The molecule has 0 N–H and O–H groups in total. The van der Waals surface area contributed by atoms with Crippen LogP contribution in [0.4, 0.5) is 0 Å². The van der Waals surface area contributed by atoms with Gasteiger partial charge >= 0.3 is 0 Å². The van der Waals surface area contributed by atoms with E-state index >= 15 is 0 Å². The molecule has 1 aliphatic heterocycles. The van der Waals surface area contributed by atoms with Gasteiger partial charge in [0.25, 0.3) is 0 Å². The van der Waals surface area contributed by atoms with E-state index in [1.807, 2.05) is 0 Å². The van der Waals surface area contributed by atoms with Gasteiger partial charge in [-0.2, -0.15) is 0 Å². The van der Waals surface area contributed by atoms with Crippen molar-refractivity contribution in [3.8, 4) is 0 Å². The number of rotatable bonds is 3. The Labute approximate surface area is 73.3 Å². The van der Waals surface area contributed by atoms with Crippen molar-refractivity contribution in [3.63, 3.8) is 0 Å². The lowest BCUT2D eigenvalue weighted by Crippen LogP contribution is -2.31. The highest BCUT2D eigenvalue weighted by molar-refractivity contribution is 7.78. The number of hydrogen-bond acceptors (Lipinski definition) is 3. The maximum absolute atomic E-state index is 4.53. The van der Waals surface area contributed by atoms with Crippen LogP contribution in [0.2, 0.25) is 0 Å². The predicted octanol–water partition coefficient (Wildman–Crippen LogP) is 1.57. The number of thiocarbonyl (C=S) groups is 1. The molecular weight excluding hydrogens is 156 g/mol. The van der Waals surface area contributed by atoms with E-state index in [0.29, 0.717) is 6.04 Å². The minimum Gasteiger partial charge on any atom is -0.299 e. The Hall–Kier alpha value is -0.240. The molecule has 0 aliphatic carbocycles. The fraction of sp³-hybridized carbons (Fsp3) is 0.875. The van der Waals surface area contributed by atoms with Crippen molar-refractivity contribution in [2.24, 2.45) is 4.99 Å². The van der Waals surface area contributed by atoms with Crippen LogP contribution < -0.4 is 0 Å². The second kappa shape index (κ2) is 4.60. The second-order valence-electron chi connectivity index (χ2n) is 2.86. The van der Waals surface area contributed by atoms with Crippen LogP contribution in [0.25, 0.3) is 0 Å². The molecule has 0 radical (unpaired) electrons. The summed E-state index contributed by atoms with van der Waals surface area (Å²) in [6.45, 7) is 5.41. The first-order valence-corrected chi connectivity index (χ1v) is 4.57. The molecule has 1 fully saturated rings. The number of likely N-dealkylation sites (N-methyl/N-ethyl adjacent to an activating group) is 1. The van der Waals surface area contributed by atoms with Gasteiger partial charge in [-0.15, -0.1) is 0 Å². The number of isothiocyanates is 1. The largest absolute Gasteiger partial charge is 0.299 e. The standard InChI is InChI=1S/C8H14N2S/c1-2-10-5-3-4-8(10)6-9-7-11/h8H,2-6H2,1H3/t8-/m0/s1. The van der Waals surface area contributed by atoms with Gasteiger partial charge in [0, 0.05) is 6.04 Å². The van der Waals surface area contributed by atoms with Crippen molar-refractivity contribution in [3.05, 3.63) is 0 Å². The van der Waals surface area contributed by atoms with E-state index in [9.17, 15) is 0 Å². The molecule has 0 spiro atoms. The van der Waals surface area contributed by atoms with Crippen molar-refractivity contribution in [2.45, 2.75) is 25.8 Å². The molecule has 62 valence electrons. The predicted molar refractivity (Wildman–Crippen MR) is 50.2 cm³/mol. The average Bonchev–Trinajstić information content (AvgIpc) is 2.47. The van der Waals surface area contributed by atoms with Gasteiger partial charge < -0.3 is 0 Å². The number of nitrogens with zero attached hydrogens (tertiary/aromatic N) is 2. The van der Waals surface area contributed by atoms with Gasteiger partial charge in [0.05, 0.1) is 11.7 Å². The van der Waals surface area contributed by atoms with Crippen LogP contribution in [0, 0.1) is 0 Å². The number of aliphatic imine (C=N–C) groups is 1. The topological polar surface area (TPSA) is 15.6 Å². The summed E-state index contributed by atoms with van der Waals surface area (Å²) in [4.78, 5) is 6.43. The molecule has 2 nitrogen and oxygen atoms in total. The Morgan fingerprint density at radius 2 is 2.55 bits per heavy atom. The Kier molecular flexibility index (Phi) is 3.70. The third kappa shape index (κ3) is 2.37. The molecule has 1 rings (SSSR count). The molecule has 0 bridgehead atoms. The summed E-state index contributed by atoms with van der Waals surface area (Å²) >= 11 is 4.53. The van der Waals surface area contributed by atoms with Crippen molar-refractivity contribution >= 4 is 17.4 Å². The molecule has 0 unspecified atom stereocenters. The van der Waals surface area contributed by atoms with Crippen molar-refractivity contribution < 1.29 is 0 Å². The lowest BCUT2D eigenvalue weighted by Gasteiger charge is -2.19. The Morgan fingerprint density at radius 1 is 1.73 bits per heavy atom. The zero-order chi connectivity index (χ0) is 8.10. The van der Waals surface area contributed by atoms with Gasteiger partial charge in [-0.25, -0.2) is 4.99 Å². The average molecular weight is 170 g/mol. The molecule has 11 heavy (non-hydrogen) atoms. The molecule has 1 aliphatic rings. The molecule has 3 heteroatoms. The van der Waals surface area contributed by atoms with Crippen molar-refractivity contribution in [1.29, 1.82) is 0 Å². The highest BCUT2D eigenvalue weighted by Gasteiger charge is 2.21. The van der Waals surface area contributed by atoms with Crippen LogP contribution in [0.5, 0.6) is 0 Å². The molecule has 0 aromatic rings. The van der Waals surface area contributed by atoms with E-state index in [-0.39, 0.29) is 0 Å². The summed E-state index contributed by atoms with van der Waals surface area (Å²) in [6.07, 6.45) is 2.58. The summed E-state index contributed by atoms with van der Waals surface area (Å²) in [6, 6.07) is 0.635. The fourth-order valence-electron chi connectivity index (χ4n) is 1.66. The smallest absolute Gasteiger partial charge is 0.0648 e. The molecule has 0 aromatic heterocycles. The van der Waals surface area contributed by atoms with Crippen LogP contribution in [0.1, 0.15) is 19.8 Å². The van der Waals surface area contributed by atoms with E-state index in [1.165, 1.54) is 19.4 Å². The molecule has 1 saturated heterocycles. The summed E-state index contributed by atoms with van der Waals surface area (Å²) in [5.41, 5.74) is 0. The number of likely N-dealkylation sites (tertiary alicyclic amines) is 1. The Balaban J connectivity index is 2.36. The van der Waals surface area contributed by atoms with Gasteiger partial charge in [-0.1, -0.05) is 6.92 Å². The Bertz CT molecular complexity index is 163. The third-order valence-electron chi connectivity index (χ3n) is 2.27. The minimum absolute atomic E-state index is 0.635. The zero-order valence-corrected chi connectivity index (χ0v) is 7.73. The minimum atomic E-state index is 0.635.